The van der Waals surface area contributed by atoms with Gasteiger partial charge in [0.15, 0.2) is 17.1 Å². The lowest BCUT2D eigenvalue weighted by molar-refractivity contribution is 0.0827. The molecule has 3 aromatic carbocycles. The maximum absolute atomic E-state index is 12.2. The van der Waals surface area contributed by atoms with E-state index >= 15 is 0 Å². The highest BCUT2D eigenvalue weighted by atomic mass is 16.5. The van der Waals surface area contributed by atoms with E-state index in [-0.39, 0.29) is 5.91 Å². The molecule has 1 heterocycles. The number of nitrogens with one attached hydrogen (secondary N) is 1. The van der Waals surface area contributed by atoms with Crippen molar-refractivity contribution in [1.82, 2.24) is 9.88 Å². The Hall–Kier alpha value is -4.20. The van der Waals surface area contributed by atoms with Crippen LogP contribution in [0, 0.1) is 0 Å². The summed E-state index contributed by atoms with van der Waals surface area (Å²) in [6.07, 6.45) is 0. The van der Waals surface area contributed by atoms with Gasteiger partial charge >= 0.3 is 0 Å². The summed E-state index contributed by atoms with van der Waals surface area (Å²) < 4.78 is 22.3. The number of ether oxygens (including phenoxy) is 3. The first-order valence-corrected chi connectivity index (χ1v) is 10.2. The molecule has 0 aliphatic rings. The third kappa shape index (κ3) is 4.27. The number of fused-ring (bicyclic) bond motifs is 1. The van der Waals surface area contributed by atoms with E-state index in [4.69, 9.17) is 18.6 Å². The number of aromatic nitrogens is 1. The van der Waals surface area contributed by atoms with Gasteiger partial charge in [-0.15, -0.1) is 0 Å². The second-order valence-electron chi connectivity index (χ2n) is 7.49. The quantitative estimate of drug-likeness (QED) is 0.428. The Bertz CT molecular complexity index is 1270. The predicted molar refractivity (Wildman–Crippen MR) is 127 cm³/mol. The topological polar surface area (TPSA) is 86.1 Å². The number of nitrogens with zero attached hydrogens (tertiary/aromatic N) is 2. The lowest BCUT2D eigenvalue weighted by atomic mass is 10.0. The molecule has 0 atom stereocenters. The Morgan fingerprint density at radius 2 is 1.61 bits per heavy atom. The Morgan fingerprint density at radius 1 is 0.939 bits per heavy atom. The number of carbonyl (C=O) groups excluding carboxylic acids is 1. The molecule has 0 saturated carbocycles. The van der Waals surface area contributed by atoms with Crippen LogP contribution in [0.5, 0.6) is 17.2 Å². The van der Waals surface area contributed by atoms with E-state index in [9.17, 15) is 4.79 Å². The van der Waals surface area contributed by atoms with Gasteiger partial charge in [-0.05, 0) is 23.8 Å². The third-order valence-electron chi connectivity index (χ3n) is 5.18. The van der Waals surface area contributed by atoms with Gasteiger partial charge in [-0.2, -0.15) is 4.98 Å². The van der Waals surface area contributed by atoms with Gasteiger partial charge in [-0.1, -0.05) is 24.3 Å². The van der Waals surface area contributed by atoms with Crippen LogP contribution < -0.4 is 19.5 Å². The Labute approximate surface area is 191 Å². The van der Waals surface area contributed by atoms with Gasteiger partial charge in [0.25, 0.3) is 11.9 Å². The predicted octanol–water partition coefficient (Wildman–Crippen LogP) is 4.97. The van der Waals surface area contributed by atoms with E-state index in [1.165, 1.54) is 0 Å². The number of amides is 1. The number of hydrogen-bond donors (Lipinski definition) is 1. The minimum absolute atomic E-state index is 0.0451. The van der Waals surface area contributed by atoms with Crippen LogP contribution in [0.1, 0.15) is 10.4 Å². The SMILES string of the molecule is COc1cc(Nc2nc3cccc(-c4ccc(C(=O)N(C)C)cc4)c3o2)cc(OC)c1OC. The van der Waals surface area contributed by atoms with Crippen LogP contribution >= 0.6 is 0 Å². The van der Waals surface area contributed by atoms with E-state index in [1.54, 1.807) is 52.5 Å². The molecule has 0 aliphatic heterocycles. The van der Waals surface area contributed by atoms with E-state index in [1.807, 2.05) is 42.5 Å². The monoisotopic (exact) mass is 447 g/mol. The maximum atomic E-state index is 12.2. The molecule has 0 bridgehead atoms. The second kappa shape index (κ2) is 9.12. The van der Waals surface area contributed by atoms with Gasteiger partial charge in [0.2, 0.25) is 5.75 Å². The summed E-state index contributed by atoms with van der Waals surface area (Å²) in [4.78, 5) is 18.3. The van der Waals surface area contributed by atoms with Crippen LogP contribution in [0.2, 0.25) is 0 Å². The zero-order valence-corrected chi connectivity index (χ0v) is 19.1. The second-order valence-corrected chi connectivity index (χ2v) is 7.49. The number of rotatable bonds is 7. The fourth-order valence-corrected chi connectivity index (χ4v) is 3.56. The van der Waals surface area contributed by atoms with Crippen LogP contribution in [0.15, 0.2) is 59.0 Å². The molecule has 170 valence electrons. The van der Waals surface area contributed by atoms with Crippen molar-refractivity contribution < 1.29 is 23.4 Å². The largest absolute Gasteiger partial charge is 0.493 e. The van der Waals surface area contributed by atoms with Gasteiger partial charge in [0, 0.05) is 43.0 Å². The number of methoxy groups -OCH3 is 3. The molecule has 1 amide bonds. The molecule has 1 N–H and O–H groups in total. The molecule has 4 rings (SSSR count). The van der Waals surface area contributed by atoms with Crippen molar-refractivity contribution in [2.24, 2.45) is 0 Å². The molecular weight excluding hydrogens is 422 g/mol. The normalized spacial score (nSPS) is 10.7. The molecule has 0 aliphatic carbocycles. The van der Waals surface area contributed by atoms with Gasteiger partial charge in [0.1, 0.15) is 5.52 Å². The van der Waals surface area contributed by atoms with E-state index in [2.05, 4.69) is 10.3 Å². The van der Waals surface area contributed by atoms with Crippen molar-refractivity contribution in [3.05, 3.63) is 60.2 Å². The van der Waals surface area contributed by atoms with Crippen molar-refractivity contribution in [1.29, 1.82) is 0 Å². The average molecular weight is 447 g/mol. The number of hydrogen-bond acceptors (Lipinski definition) is 7. The summed E-state index contributed by atoms with van der Waals surface area (Å²) in [6, 6.07) is 17.1. The third-order valence-corrected chi connectivity index (χ3v) is 5.18. The molecule has 0 saturated heterocycles. The van der Waals surface area contributed by atoms with Gasteiger partial charge < -0.3 is 28.8 Å². The van der Waals surface area contributed by atoms with Crippen LogP contribution in [0.4, 0.5) is 11.7 Å². The molecule has 0 radical (unpaired) electrons. The molecule has 1 aromatic heterocycles. The van der Waals surface area contributed by atoms with Crippen molar-refractivity contribution in [3.8, 4) is 28.4 Å². The average Bonchev–Trinajstić information content (AvgIpc) is 3.25. The lowest BCUT2D eigenvalue weighted by Crippen LogP contribution is -2.21. The molecule has 0 fully saturated rings. The molecule has 8 nitrogen and oxygen atoms in total. The van der Waals surface area contributed by atoms with Crippen molar-refractivity contribution in [3.63, 3.8) is 0 Å². The molecule has 4 aromatic rings. The van der Waals surface area contributed by atoms with E-state index < -0.39 is 0 Å². The fraction of sp³-hybridized carbons (Fsp3) is 0.200. The van der Waals surface area contributed by atoms with Crippen molar-refractivity contribution in [2.75, 3.05) is 40.7 Å². The summed E-state index contributed by atoms with van der Waals surface area (Å²) in [5.74, 6) is 1.49. The zero-order chi connectivity index (χ0) is 23.5. The first-order chi connectivity index (χ1) is 15.9. The molecule has 33 heavy (non-hydrogen) atoms. The number of benzene rings is 3. The summed E-state index contributed by atoms with van der Waals surface area (Å²) in [6.45, 7) is 0. The Morgan fingerprint density at radius 3 is 2.18 bits per heavy atom. The van der Waals surface area contributed by atoms with Crippen LogP contribution in [-0.4, -0.2) is 51.2 Å². The highest BCUT2D eigenvalue weighted by Gasteiger charge is 2.16. The smallest absolute Gasteiger partial charge is 0.300 e. The molecule has 8 heteroatoms. The number of anilines is 2. The van der Waals surface area contributed by atoms with E-state index in [0.29, 0.717) is 45.6 Å². The van der Waals surface area contributed by atoms with Crippen LogP contribution in [0.25, 0.3) is 22.2 Å². The summed E-state index contributed by atoms with van der Waals surface area (Å²) in [5, 5.41) is 3.17. The van der Waals surface area contributed by atoms with E-state index in [0.717, 1.165) is 11.1 Å². The lowest BCUT2D eigenvalue weighted by Gasteiger charge is -2.14. The van der Waals surface area contributed by atoms with Crippen molar-refractivity contribution in [2.45, 2.75) is 0 Å². The molecule has 0 unspecified atom stereocenters. The Kier molecular flexibility index (Phi) is 6.08. The van der Waals surface area contributed by atoms with Crippen molar-refractivity contribution >= 4 is 28.7 Å². The highest BCUT2D eigenvalue weighted by molar-refractivity contribution is 5.96. The van der Waals surface area contributed by atoms with Crippen LogP contribution in [0.3, 0.4) is 0 Å². The Balaban J connectivity index is 1.68. The summed E-state index contributed by atoms with van der Waals surface area (Å²) in [7, 11) is 8.13. The number of oxazole rings is 1. The zero-order valence-electron chi connectivity index (χ0n) is 19.1. The fourth-order valence-electron chi connectivity index (χ4n) is 3.56. The summed E-state index contributed by atoms with van der Waals surface area (Å²) in [5.41, 5.74) is 4.44. The van der Waals surface area contributed by atoms with Gasteiger partial charge in [-0.3, -0.25) is 4.79 Å². The first kappa shape index (κ1) is 22.0. The maximum Gasteiger partial charge on any atom is 0.300 e. The number of para-hydroxylation sites is 1. The minimum Gasteiger partial charge on any atom is -0.493 e. The molecular formula is C25H25N3O5. The van der Waals surface area contributed by atoms with Gasteiger partial charge in [0.05, 0.1) is 21.3 Å². The van der Waals surface area contributed by atoms with Gasteiger partial charge in [-0.25, -0.2) is 0 Å². The molecule has 0 spiro atoms. The van der Waals surface area contributed by atoms with Crippen LogP contribution in [-0.2, 0) is 0 Å². The standard InChI is InChI=1S/C25H25N3O5/c1-28(2)24(29)16-11-9-15(10-12-16)18-7-6-8-19-22(18)33-25(27-19)26-17-13-20(30-3)23(32-5)21(14-17)31-4/h6-14H,1-5H3,(H,26,27). The first-order valence-electron chi connectivity index (χ1n) is 10.2. The summed E-state index contributed by atoms with van der Waals surface area (Å²) >= 11 is 0. The minimum atomic E-state index is -0.0451. The highest BCUT2D eigenvalue weighted by Crippen LogP contribution is 2.41. The number of carbonyl (C=O) groups is 1.